The van der Waals surface area contributed by atoms with Gasteiger partial charge in [0.25, 0.3) is 5.69 Å². The number of nitrogens with zero attached hydrogens (tertiary/aromatic N) is 1. The predicted octanol–water partition coefficient (Wildman–Crippen LogP) is 3.60. The molecule has 0 radical (unpaired) electrons. The molecule has 5 nitrogen and oxygen atoms in total. The van der Waals surface area contributed by atoms with E-state index in [1.54, 1.807) is 30.3 Å². The summed E-state index contributed by atoms with van der Waals surface area (Å²) >= 11 is 3.09. The van der Waals surface area contributed by atoms with Gasteiger partial charge in [-0.1, -0.05) is 0 Å². The molecule has 0 aliphatic rings. The Kier molecular flexibility index (Phi) is 4.14. The number of rotatable bonds is 4. The highest BCUT2D eigenvalue weighted by Crippen LogP contribution is 2.27. The zero-order valence-corrected chi connectivity index (χ0v) is 12.1. The lowest BCUT2D eigenvalue weighted by Gasteiger charge is -2.04. The lowest BCUT2D eigenvalue weighted by Crippen LogP contribution is -2.02. The van der Waals surface area contributed by atoms with Gasteiger partial charge in [0.2, 0.25) is 0 Å². The predicted molar refractivity (Wildman–Crippen MR) is 77.2 cm³/mol. The van der Waals surface area contributed by atoms with E-state index in [1.807, 2.05) is 0 Å². The Bertz CT molecular complexity index is 667. The molecule has 6 heteroatoms. The van der Waals surface area contributed by atoms with Gasteiger partial charge in [0.15, 0.2) is 5.78 Å². The number of nitro benzene ring substituents is 1. The van der Waals surface area contributed by atoms with E-state index in [0.717, 1.165) is 0 Å². The lowest BCUT2D eigenvalue weighted by atomic mass is 10.0. The van der Waals surface area contributed by atoms with E-state index < -0.39 is 4.92 Å². The first-order valence-electron chi connectivity index (χ1n) is 5.65. The SMILES string of the molecule is COc1ccc(C(=O)c2ccc(Br)c([N+](=O)[O-])c2)cc1. The molecule has 0 N–H and O–H groups in total. The van der Waals surface area contributed by atoms with Crippen molar-refractivity contribution in [3.63, 3.8) is 0 Å². The number of benzene rings is 2. The van der Waals surface area contributed by atoms with Crippen molar-refractivity contribution in [3.05, 3.63) is 68.2 Å². The van der Waals surface area contributed by atoms with Gasteiger partial charge >= 0.3 is 0 Å². The molecule has 2 aromatic carbocycles. The van der Waals surface area contributed by atoms with Crippen LogP contribution in [0.2, 0.25) is 0 Å². The monoisotopic (exact) mass is 335 g/mol. The number of halogens is 1. The standard InChI is InChI=1S/C14H10BrNO4/c1-20-11-5-2-9(3-6-11)14(17)10-4-7-12(15)13(8-10)16(18)19/h2-8H,1H3. The quantitative estimate of drug-likeness (QED) is 0.486. The molecule has 2 rings (SSSR count). The van der Waals surface area contributed by atoms with E-state index in [9.17, 15) is 14.9 Å². The summed E-state index contributed by atoms with van der Waals surface area (Å²) in [5.74, 6) is 0.367. The van der Waals surface area contributed by atoms with Gasteiger partial charge < -0.3 is 4.74 Å². The molecule has 0 fully saturated rings. The van der Waals surface area contributed by atoms with Crippen molar-refractivity contribution in [3.8, 4) is 5.75 Å². The van der Waals surface area contributed by atoms with Crippen LogP contribution in [0.15, 0.2) is 46.9 Å². The van der Waals surface area contributed by atoms with Crippen LogP contribution in [0.25, 0.3) is 0 Å². The van der Waals surface area contributed by atoms with Crippen molar-refractivity contribution < 1.29 is 14.5 Å². The highest BCUT2D eigenvalue weighted by molar-refractivity contribution is 9.10. The molecule has 0 saturated heterocycles. The fourth-order valence-corrected chi connectivity index (χ4v) is 2.09. The molecule has 2 aromatic rings. The number of nitro groups is 1. The van der Waals surface area contributed by atoms with Gasteiger partial charge in [-0.25, -0.2) is 0 Å². The lowest BCUT2D eigenvalue weighted by molar-refractivity contribution is -0.385. The minimum atomic E-state index is -0.533. The first kappa shape index (κ1) is 14.2. The summed E-state index contributed by atoms with van der Waals surface area (Å²) in [4.78, 5) is 22.6. The maximum Gasteiger partial charge on any atom is 0.284 e. The van der Waals surface area contributed by atoms with Crippen LogP contribution in [-0.2, 0) is 0 Å². The number of hydrogen-bond acceptors (Lipinski definition) is 4. The highest BCUT2D eigenvalue weighted by Gasteiger charge is 2.17. The molecule has 20 heavy (non-hydrogen) atoms. The minimum absolute atomic E-state index is 0.135. The summed E-state index contributed by atoms with van der Waals surface area (Å²) in [5.41, 5.74) is 0.580. The van der Waals surface area contributed by atoms with Crippen LogP contribution in [0.5, 0.6) is 5.75 Å². The van der Waals surface area contributed by atoms with Crippen molar-refractivity contribution in [2.75, 3.05) is 7.11 Å². The van der Waals surface area contributed by atoms with Gasteiger partial charge in [0.1, 0.15) is 5.75 Å². The summed E-state index contributed by atoms with van der Waals surface area (Å²) in [5, 5.41) is 10.9. The largest absolute Gasteiger partial charge is 0.497 e. The Morgan fingerprint density at radius 1 is 1.15 bits per heavy atom. The van der Waals surface area contributed by atoms with Crippen LogP contribution < -0.4 is 4.74 Å². The second kappa shape index (κ2) is 5.83. The van der Waals surface area contributed by atoms with Crippen LogP contribution in [0, 0.1) is 10.1 Å². The molecular formula is C14H10BrNO4. The summed E-state index contributed by atoms with van der Waals surface area (Å²) < 4.78 is 5.36. The summed E-state index contributed by atoms with van der Waals surface area (Å²) in [6.07, 6.45) is 0. The molecule has 102 valence electrons. The van der Waals surface area contributed by atoms with Crippen molar-refractivity contribution in [1.82, 2.24) is 0 Å². The molecule has 0 unspecified atom stereocenters. The summed E-state index contributed by atoms with van der Waals surface area (Å²) in [7, 11) is 1.54. The third-order valence-corrected chi connectivity index (χ3v) is 3.43. The fourth-order valence-electron chi connectivity index (χ4n) is 1.70. The second-order valence-electron chi connectivity index (χ2n) is 3.98. The Morgan fingerprint density at radius 3 is 2.30 bits per heavy atom. The third-order valence-electron chi connectivity index (χ3n) is 2.76. The van der Waals surface area contributed by atoms with E-state index in [2.05, 4.69) is 15.9 Å². The van der Waals surface area contributed by atoms with E-state index in [1.165, 1.54) is 19.2 Å². The van der Waals surface area contributed by atoms with Crippen LogP contribution in [0.3, 0.4) is 0 Å². The number of carbonyl (C=O) groups excluding carboxylic acids is 1. The average molecular weight is 336 g/mol. The normalized spacial score (nSPS) is 10.1. The van der Waals surface area contributed by atoms with Crippen molar-refractivity contribution in [2.24, 2.45) is 0 Å². The van der Waals surface area contributed by atoms with Gasteiger partial charge in [0, 0.05) is 17.2 Å². The fraction of sp³-hybridized carbons (Fsp3) is 0.0714. The Morgan fingerprint density at radius 2 is 1.75 bits per heavy atom. The van der Waals surface area contributed by atoms with E-state index in [0.29, 0.717) is 15.8 Å². The number of ketones is 1. The van der Waals surface area contributed by atoms with Crippen LogP contribution in [0.1, 0.15) is 15.9 Å². The van der Waals surface area contributed by atoms with Crippen molar-refractivity contribution >= 4 is 27.4 Å². The maximum absolute atomic E-state index is 12.3. The van der Waals surface area contributed by atoms with Gasteiger partial charge in [-0.05, 0) is 52.3 Å². The molecular weight excluding hydrogens is 326 g/mol. The topological polar surface area (TPSA) is 69.4 Å². The molecule has 0 aromatic heterocycles. The van der Waals surface area contributed by atoms with Crippen LogP contribution >= 0.6 is 15.9 Å². The third kappa shape index (κ3) is 2.85. The van der Waals surface area contributed by atoms with Gasteiger partial charge in [-0.3, -0.25) is 14.9 Å². The Hall–Kier alpha value is -2.21. The first-order chi connectivity index (χ1) is 9.52. The molecule has 0 amide bonds. The van der Waals surface area contributed by atoms with Gasteiger partial charge in [0.05, 0.1) is 16.5 Å². The van der Waals surface area contributed by atoms with E-state index >= 15 is 0 Å². The highest BCUT2D eigenvalue weighted by atomic mass is 79.9. The summed E-state index contributed by atoms with van der Waals surface area (Å²) in [6.45, 7) is 0. The first-order valence-corrected chi connectivity index (χ1v) is 6.45. The second-order valence-corrected chi connectivity index (χ2v) is 4.84. The number of hydrogen-bond donors (Lipinski definition) is 0. The Labute approximate surface area is 123 Å². The molecule has 0 atom stereocenters. The molecule has 0 heterocycles. The van der Waals surface area contributed by atoms with Crippen LogP contribution in [0.4, 0.5) is 5.69 Å². The maximum atomic E-state index is 12.3. The zero-order chi connectivity index (χ0) is 14.7. The smallest absolute Gasteiger partial charge is 0.284 e. The number of methoxy groups -OCH3 is 1. The van der Waals surface area contributed by atoms with Crippen LogP contribution in [-0.4, -0.2) is 17.8 Å². The molecule has 0 bridgehead atoms. The zero-order valence-electron chi connectivity index (χ0n) is 10.5. The minimum Gasteiger partial charge on any atom is -0.497 e. The summed E-state index contributed by atoms with van der Waals surface area (Å²) in [6, 6.07) is 10.9. The van der Waals surface area contributed by atoms with Gasteiger partial charge in [-0.2, -0.15) is 0 Å². The molecule has 0 aliphatic heterocycles. The molecule has 0 saturated carbocycles. The number of carbonyl (C=O) groups is 1. The Balaban J connectivity index is 2.37. The van der Waals surface area contributed by atoms with Crippen molar-refractivity contribution in [2.45, 2.75) is 0 Å². The average Bonchev–Trinajstić information content (AvgIpc) is 2.47. The van der Waals surface area contributed by atoms with Crippen molar-refractivity contribution in [1.29, 1.82) is 0 Å². The molecule has 0 spiro atoms. The van der Waals surface area contributed by atoms with Gasteiger partial charge in [-0.15, -0.1) is 0 Å². The van der Waals surface area contributed by atoms with E-state index in [-0.39, 0.29) is 17.0 Å². The van der Waals surface area contributed by atoms with E-state index in [4.69, 9.17) is 4.74 Å². The number of ether oxygens (including phenoxy) is 1. The molecule has 0 aliphatic carbocycles.